The minimum Gasteiger partial charge on any atom is -0.496 e. The largest absolute Gasteiger partial charge is 0.496 e. The third kappa shape index (κ3) is 5.37. The van der Waals surface area contributed by atoms with Gasteiger partial charge in [-0.1, -0.05) is 22.0 Å². The summed E-state index contributed by atoms with van der Waals surface area (Å²) < 4.78 is 16.8. The van der Waals surface area contributed by atoms with Crippen LogP contribution in [-0.4, -0.2) is 24.9 Å². The minimum absolute atomic E-state index is 0.234. The summed E-state index contributed by atoms with van der Waals surface area (Å²) in [5, 5.41) is 3.30. The van der Waals surface area contributed by atoms with Crippen LogP contribution in [0, 0.1) is 0 Å². The van der Waals surface area contributed by atoms with Gasteiger partial charge in [0.1, 0.15) is 5.75 Å². The molecule has 3 N–H and O–H groups in total. The Morgan fingerprint density at radius 1 is 1.21 bits per heavy atom. The maximum Gasteiger partial charge on any atom is 0.262 e. The van der Waals surface area contributed by atoms with Crippen LogP contribution >= 0.6 is 28.1 Å². The lowest BCUT2D eigenvalue weighted by Crippen LogP contribution is -2.45. The van der Waals surface area contributed by atoms with Gasteiger partial charge in [-0.3, -0.25) is 15.6 Å². The number of methoxy groups -OCH3 is 1. The second kappa shape index (κ2) is 9.43. The molecule has 1 heterocycles. The number of rotatable bonds is 5. The van der Waals surface area contributed by atoms with Crippen LogP contribution in [0.3, 0.4) is 0 Å². The molecule has 7 nitrogen and oxygen atoms in total. The van der Waals surface area contributed by atoms with Crippen LogP contribution in [0.15, 0.2) is 46.9 Å². The molecular weight excluding hydrogens is 446 g/mol. The van der Waals surface area contributed by atoms with Gasteiger partial charge in [-0.15, -0.1) is 0 Å². The fraction of sp³-hybridized carbons (Fsp3) is 0.158. The maximum atomic E-state index is 12.0. The zero-order valence-corrected chi connectivity index (χ0v) is 17.4. The van der Waals surface area contributed by atoms with Gasteiger partial charge in [0.05, 0.1) is 7.11 Å². The van der Waals surface area contributed by atoms with E-state index in [0.717, 1.165) is 21.3 Å². The molecule has 0 saturated carbocycles. The number of halogens is 1. The number of hydrazine groups is 1. The van der Waals surface area contributed by atoms with Gasteiger partial charge >= 0.3 is 0 Å². The van der Waals surface area contributed by atoms with Gasteiger partial charge in [-0.25, -0.2) is 0 Å². The van der Waals surface area contributed by atoms with Gasteiger partial charge in [-0.05, 0) is 54.2 Å². The van der Waals surface area contributed by atoms with Gasteiger partial charge in [0.2, 0.25) is 6.79 Å². The first-order chi connectivity index (χ1) is 13.5. The number of carbonyl (C=O) groups is 1. The fourth-order valence-corrected chi connectivity index (χ4v) is 2.94. The molecule has 2 aromatic rings. The van der Waals surface area contributed by atoms with Crippen molar-refractivity contribution in [2.75, 3.05) is 13.9 Å². The lowest BCUT2D eigenvalue weighted by molar-refractivity contribution is -0.116. The van der Waals surface area contributed by atoms with E-state index in [9.17, 15) is 4.79 Å². The number of fused-ring (bicyclic) bond motifs is 1. The van der Waals surface area contributed by atoms with E-state index in [2.05, 4.69) is 32.1 Å². The molecule has 0 fully saturated rings. The van der Waals surface area contributed by atoms with E-state index in [1.54, 1.807) is 13.2 Å². The highest BCUT2D eigenvalue weighted by molar-refractivity contribution is 9.10. The van der Waals surface area contributed by atoms with E-state index >= 15 is 0 Å². The molecule has 1 amide bonds. The van der Waals surface area contributed by atoms with Crippen molar-refractivity contribution in [3.63, 3.8) is 0 Å². The molecule has 2 aromatic carbocycles. The van der Waals surface area contributed by atoms with Crippen LogP contribution in [0.1, 0.15) is 11.1 Å². The summed E-state index contributed by atoms with van der Waals surface area (Å²) >= 11 is 8.55. The number of carbonyl (C=O) groups excluding carboxylic acids is 1. The molecule has 0 bridgehead atoms. The Bertz CT molecular complexity index is 920. The van der Waals surface area contributed by atoms with Gasteiger partial charge in [-0.2, -0.15) is 0 Å². The van der Waals surface area contributed by atoms with E-state index in [1.807, 2.05) is 36.4 Å². The lowest BCUT2D eigenvalue weighted by atomic mass is 10.2. The molecule has 0 aromatic heterocycles. The SMILES string of the molecule is COc1ccc(Br)cc1/C=C/C(=O)NNC(=S)NCc1ccc2c(c1)OCO2. The summed E-state index contributed by atoms with van der Waals surface area (Å²) in [5.74, 6) is 1.75. The number of benzene rings is 2. The summed E-state index contributed by atoms with van der Waals surface area (Å²) in [5.41, 5.74) is 6.91. The standard InChI is InChI=1S/C19H18BrN3O4S/c1-25-15-6-4-14(20)9-13(15)3-7-18(24)22-23-19(28)21-10-12-2-5-16-17(8-12)27-11-26-16/h2-9H,10-11H2,1H3,(H,22,24)(H2,21,23,28)/b7-3+. The lowest BCUT2D eigenvalue weighted by Gasteiger charge is -2.11. The van der Waals surface area contributed by atoms with Crippen molar-refractivity contribution in [1.82, 2.24) is 16.2 Å². The first-order valence-electron chi connectivity index (χ1n) is 8.29. The Balaban J connectivity index is 1.45. The first kappa shape index (κ1) is 20.0. The van der Waals surface area contributed by atoms with Crippen LogP contribution in [-0.2, 0) is 11.3 Å². The Morgan fingerprint density at radius 3 is 2.86 bits per heavy atom. The van der Waals surface area contributed by atoms with Crippen molar-refractivity contribution < 1.29 is 19.0 Å². The van der Waals surface area contributed by atoms with Gasteiger partial charge in [0, 0.05) is 22.7 Å². The van der Waals surface area contributed by atoms with E-state index in [0.29, 0.717) is 23.2 Å². The highest BCUT2D eigenvalue weighted by Gasteiger charge is 2.13. The summed E-state index contributed by atoms with van der Waals surface area (Å²) in [7, 11) is 1.58. The molecule has 28 heavy (non-hydrogen) atoms. The number of ether oxygens (including phenoxy) is 3. The molecule has 0 spiro atoms. The van der Waals surface area contributed by atoms with E-state index in [1.165, 1.54) is 6.08 Å². The molecule has 1 aliphatic heterocycles. The van der Waals surface area contributed by atoms with Crippen LogP contribution < -0.4 is 30.4 Å². The van der Waals surface area contributed by atoms with Crippen molar-refractivity contribution >= 4 is 45.2 Å². The maximum absolute atomic E-state index is 12.0. The number of hydrogen-bond acceptors (Lipinski definition) is 5. The summed E-state index contributed by atoms with van der Waals surface area (Å²) in [4.78, 5) is 12.0. The number of thiocarbonyl (C=S) groups is 1. The zero-order chi connectivity index (χ0) is 19.9. The van der Waals surface area contributed by atoms with E-state index in [-0.39, 0.29) is 12.7 Å². The number of hydrogen-bond donors (Lipinski definition) is 3. The topological polar surface area (TPSA) is 80.9 Å². The Hall–Kier alpha value is -2.78. The molecule has 0 atom stereocenters. The Labute approximate surface area is 176 Å². The number of nitrogens with one attached hydrogen (secondary N) is 3. The van der Waals surface area contributed by atoms with E-state index < -0.39 is 0 Å². The van der Waals surface area contributed by atoms with Gasteiger partial charge in [0.15, 0.2) is 16.6 Å². The molecule has 9 heteroatoms. The van der Waals surface area contributed by atoms with Crippen LogP contribution in [0.5, 0.6) is 17.2 Å². The van der Waals surface area contributed by atoms with Gasteiger partial charge in [0.25, 0.3) is 5.91 Å². The molecule has 0 unspecified atom stereocenters. The minimum atomic E-state index is -0.353. The van der Waals surface area contributed by atoms with E-state index in [4.69, 9.17) is 26.4 Å². The average Bonchev–Trinajstić information content (AvgIpc) is 3.17. The molecule has 0 aliphatic carbocycles. The summed E-state index contributed by atoms with van der Waals surface area (Å²) in [6.07, 6.45) is 3.04. The molecule has 0 radical (unpaired) electrons. The van der Waals surface area contributed by atoms with Crippen molar-refractivity contribution in [2.45, 2.75) is 6.54 Å². The van der Waals surface area contributed by atoms with Crippen molar-refractivity contribution in [3.8, 4) is 17.2 Å². The molecule has 3 rings (SSSR count). The van der Waals surface area contributed by atoms with Crippen molar-refractivity contribution in [2.24, 2.45) is 0 Å². The quantitative estimate of drug-likeness (QED) is 0.357. The summed E-state index contributed by atoms with van der Waals surface area (Å²) in [6.45, 7) is 0.709. The Kier molecular flexibility index (Phi) is 6.72. The molecule has 146 valence electrons. The second-order valence-electron chi connectivity index (χ2n) is 5.70. The monoisotopic (exact) mass is 463 g/mol. The predicted molar refractivity (Wildman–Crippen MR) is 113 cm³/mol. The molecule has 1 aliphatic rings. The smallest absolute Gasteiger partial charge is 0.262 e. The Morgan fingerprint density at radius 2 is 2.04 bits per heavy atom. The highest BCUT2D eigenvalue weighted by Crippen LogP contribution is 2.32. The molecule has 0 saturated heterocycles. The number of amides is 1. The van der Waals surface area contributed by atoms with Crippen molar-refractivity contribution in [3.05, 3.63) is 58.1 Å². The zero-order valence-electron chi connectivity index (χ0n) is 15.0. The molecular formula is C19H18BrN3O4S. The first-order valence-corrected chi connectivity index (χ1v) is 9.49. The third-order valence-electron chi connectivity index (χ3n) is 3.80. The highest BCUT2D eigenvalue weighted by atomic mass is 79.9. The normalized spacial score (nSPS) is 11.9. The van der Waals surface area contributed by atoms with Crippen molar-refractivity contribution in [1.29, 1.82) is 0 Å². The predicted octanol–water partition coefficient (Wildman–Crippen LogP) is 2.90. The third-order valence-corrected chi connectivity index (χ3v) is 4.53. The fourth-order valence-electron chi connectivity index (χ4n) is 2.44. The average molecular weight is 464 g/mol. The summed E-state index contributed by atoms with van der Waals surface area (Å²) in [6, 6.07) is 11.2. The van der Waals surface area contributed by atoms with Gasteiger partial charge < -0.3 is 19.5 Å². The van der Waals surface area contributed by atoms with Crippen LogP contribution in [0.25, 0.3) is 6.08 Å². The van der Waals surface area contributed by atoms with Crippen LogP contribution in [0.4, 0.5) is 0 Å². The van der Waals surface area contributed by atoms with Crippen LogP contribution in [0.2, 0.25) is 0 Å². The second-order valence-corrected chi connectivity index (χ2v) is 7.03.